The van der Waals surface area contributed by atoms with E-state index in [1.807, 2.05) is 26.0 Å². The highest BCUT2D eigenvalue weighted by Crippen LogP contribution is 2.53. The molecule has 0 aliphatic heterocycles. The van der Waals surface area contributed by atoms with Crippen LogP contribution in [0.25, 0.3) is 9.81 Å². The molecule has 0 amide bonds. The summed E-state index contributed by atoms with van der Waals surface area (Å²) in [7, 11) is -8.86. The van der Waals surface area contributed by atoms with Gasteiger partial charge in [-0.1, -0.05) is 47.5 Å². The second-order valence-electron chi connectivity index (χ2n) is 8.50. The molecule has 0 saturated carbocycles. The van der Waals surface area contributed by atoms with Crippen molar-refractivity contribution in [3.8, 4) is 0 Å². The van der Waals surface area contributed by atoms with E-state index in [2.05, 4.69) is 0 Å². The van der Waals surface area contributed by atoms with Gasteiger partial charge in [0.2, 0.25) is 0 Å². The van der Waals surface area contributed by atoms with Crippen molar-refractivity contribution in [3.63, 3.8) is 0 Å². The Kier molecular flexibility index (Phi) is 5.05. The first kappa shape index (κ1) is 22.0. The molecule has 0 saturated heterocycles. The maximum Gasteiger partial charge on any atom is 0.295 e. The highest BCUT2D eigenvalue weighted by molar-refractivity contribution is 7.95. The van der Waals surface area contributed by atoms with Crippen LogP contribution < -0.4 is 0 Å². The van der Waals surface area contributed by atoms with Crippen LogP contribution in [0.2, 0.25) is 0 Å². The lowest BCUT2D eigenvalue weighted by Crippen LogP contribution is -2.07. The van der Waals surface area contributed by atoms with Crippen molar-refractivity contribution in [3.05, 3.63) is 80.9 Å². The van der Waals surface area contributed by atoms with E-state index < -0.39 is 20.2 Å². The van der Waals surface area contributed by atoms with Gasteiger partial charge in [0.05, 0.1) is 0 Å². The van der Waals surface area contributed by atoms with Gasteiger partial charge in [-0.3, -0.25) is 9.11 Å². The summed E-state index contributed by atoms with van der Waals surface area (Å²) in [5.74, 6) is -0.637. The zero-order chi connectivity index (χ0) is 22.9. The summed E-state index contributed by atoms with van der Waals surface area (Å²) < 4.78 is 68.3. The summed E-state index contributed by atoms with van der Waals surface area (Å²) in [6, 6.07) is 10.8. The first-order chi connectivity index (χ1) is 14.3. The maximum absolute atomic E-state index is 12.1. The zero-order valence-electron chi connectivity index (χ0n) is 17.7. The van der Waals surface area contributed by atoms with Gasteiger partial charge in [0.15, 0.2) is 0 Å². The average molecular weight is 461 g/mol. The molecule has 0 radical (unpaired) electrons. The number of hydrogen-bond donors (Lipinski definition) is 2. The molecule has 2 aromatic carbocycles. The minimum Gasteiger partial charge on any atom is -0.282 e. The first-order valence-corrected chi connectivity index (χ1v) is 12.8. The number of benzene rings is 2. The number of allylic oxidation sites excluding steroid dienone is 2. The predicted molar refractivity (Wildman–Crippen MR) is 121 cm³/mol. The lowest BCUT2D eigenvalue weighted by Gasteiger charge is -2.22. The van der Waals surface area contributed by atoms with Crippen molar-refractivity contribution in [2.24, 2.45) is 0 Å². The van der Waals surface area contributed by atoms with Crippen LogP contribution in [0.5, 0.6) is 0 Å². The van der Waals surface area contributed by atoms with E-state index >= 15 is 0 Å². The van der Waals surface area contributed by atoms with Crippen molar-refractivity contribution in [1.29, 1.82) is 0 Å². The molecule has 31 heavy (non-hydrogen) atoms. The van der Waals surface area contributed by atoms with Gasteiger partial charge in [-0.05, 0) is 67.5 Å². The third kappa shape index (κ3) is 3.57. The molecule has 4 rings (SSSR count). The smallest absolute Gasteiger partial charge is 0.282 e. The van der Waals surface area contributed by atoms with E-state index in [0.29, 0.717) is 28.7 Å². The van der Waals surface area contributed by atoms with Crippen LogP contribution in [0, 0.1) is 13.8 Å². The molecule has 0 fully saturated rings. The summed E-state index contributed by atoms with van der Waals surface area (Å²) >= 11 is 0. The molecule has 2 aliphatic rings. The highest BCUT2D eigenvalue weighted by atomic mass is 32.2. The largest absolute Gasteiger partial charge is 0.295 e. The molecule has 0 aromatic heterocycles. The fourth-order valence-corrected chi connectivity index (χ4v) is 7.12. The van der Waals surface area contributed by atoms with Gasteiger partial charge in [-0.2, -0.15) is 16.8 Å². The summed E-state index contributed by atoms with van der Waals surface area (Å²) in [5.41, 5.74) is 5.54. The van der Waals surface area contributed by atoms with E-state index in [9.17, 15) is 25.9 Å². The van der Waals surface area contributed by atoms with E-state index in [0.717, 1.165) is 22.3 Å². The normalized spacial score (nSPS) is 21.0. The topological polar surface area (TPSA) is 109 Å². The van der Waals surface area contributed by atoms with Crippen LogP contribution in [0.15, 0.2) is 47.5 Å². The average Bonchev–Trinajstić information content (AvgIpc) is 3.06. The van der Waals surface area contributed by atoms with Crippen LogP contribution in [0.1, 0.15) is 65.5 Å². The van der Waals surface area contributed by atoms with Crippen LogP contribution in [-0.2, 0) is 20.2 Å². The summed E-state index contributed by atoms with van der Waals surface area (Å²) in [5, 5.41) is 0. The molecule has 2 atom stereocenters. The third-order valence-electron chi connectivity index (χ3n) is 6.40. The van der Waals surface area contributed by atoms with Gasteiger partial charge in [-0.15, -0.1) is 0 Å². The number of fused-ring (bicyclic) bond motifs is 2. The minimum absolute atomic E-state index is 0.0772. The molecular weight excluding hydrogens is 436 g/mol. The maximum atomic E-state index is 12.1. The summed E-state index contributed by atoms with van der Waals surface area (Å²) in [6.07, 6.45) is 0.419. The molecule has 2 aliphatic carbocycles. The standard InChI is InChI=1S/C23H24O6S2/c1-12-5-7-16-20(9-12)18(14(3)22(16)30(24,25)26)11-19-15(4)23(31(27,28)29)17-8-6-13(2)10-21(17)19/h5-10,18-19H,11H2,1-4H3,(H,24,25,26)(H,27,28,29). The zero-order valence-corrected chi connectivity index (χ0v) is 19.3. The number of aryl methyl sites for hydroxylation is 2. The van der Waals surface area contributed by atoms with Gasteiger partial charge in [0.1, 0.15) is 9.81 Å². The Morgan fingerprint density at radius 3 is 1.35 bits per heavy atom. The molecule has 0 spiro atoms. The lowest BCUT2D eigenvalue weighted by atomic mass is 9.81. The second kappa shape index (κ2) is 7.13. The Balaban J connectivity index is 1.90. The molecule has 2 N–H and O–H groups in total. The molecule has 164 valence electrons. The van der Waals surface area contributed by atoms with Crippen LogP contribution in [0.3, 0.4) is 0 Å². The fraction of sp³-hybridized carbons (Fsp3) is 0.304. The van der Waals surface area contributed by atoms with Crippen molar-refractivity contribution in [1.82, 2.24) is 0 Å². The fourth-order valence-electron chi connectivity index (χ4n) is 5.09. The Labute approximate surface area is 182 Å². The van der Waals surface area contributed by atoms with Crippen molar-refractivity contribution >= 4 is 30.0 Å². The van der Waals surface area contributed by atoms with Crippen LogP contribution in [0.4, 0.5) is 0 Å². The molecule has 6 nitrogen and oxygen atoms in total. The van der Waals surface area contributed by atoms with Crippen molar-refractivity contribution < 1.29 is 25.9 Å². The summed E-state index contributed by atoms with van der Waals surface area (Å²) in [6.45, 7) is 7.21. The van der Waals surface area contributed by atoms with Crippen LogP contribution >= 0.6 is 0 Å². The minimum atomic E-state index is -4.43. The Hall–Kier alpha value is -2.26. The van der Waals surface area contributed by atoms with Crippen molar-refractivity contribution in [2.45, 2.75) is 46.0 Å². The number of rotatable bonds is 4. The second-order valence-corrected chi connectivity index (χ2v) is 11.2. The lowest BCUT2D eigenvalue weighted by molar-refractivity contribution is 0.494. The summed E-state index contributed by atoms with van der Waals surface area (Å²) in [4.78, 5) is -0.154. The van der Waals surface area contributed by atoms with Gasteiger partial charge in [-0.25, -0.2) is 0 Å². The quantitative estimate of drug-likeness (QED) is 0.633. The van der Waals surface area contributed by atoms with Crippen LogP contribution in [-0.4, -0.2) is 25.9 Å². The molecular formula is C23H24O6S2. The number of hydrogen-bond acceptors (Lipinski definition) is 4. The monoisotopic (exact) mass is 460 g/mol. The Morgan fingerprint density at radius 2 is 1.03 bits per heavy atom. The van der Waals surface area contributed by atoms with Gasteiger partial charge >= 0.3 is 0 Å². The van der Waals surface area contributed by atoms with Gasteiger partial charge < -0.3 is 0 Å². The molecule has 2 aromatic rings. The molecule has 2 unspecified atom stereocenters. The van der Waals surface area contributed by atoms with E-state index in [1.165, 1.54) is 0 Å². The first-order valence-electron chi connectivity index (χ1n) is 9.89. The van der Waals surface area contributed by atoms with E-state index in [4.69, 9.17) is 0 Å². The van der Waals surface area contributed by atoms with Crippen molar-refractivity contribution in [2.75, 3.05) is 0 Å². The predicted octanol–water partition coefficient (Wildman–Crippen LogP) is 4.83. The SMILES string of the molecule is CC1=C(S(=O)(=O)O)c2ccc(C)cc2C1CC1C(C)=C(S(=O)(=O)O)c2ccc(C)cc21. The van der Waals surface area contributed by atoms with E-state index in [1.54, 1.807) is 38.1 Å². The van der Waals surface area contributed by atoms with Gasteiger partial charge in [0, 0.05) is 11.8 Å². The van der Waals surface area contributed by atoms with E-state index in [-0.39, 0.29) is 21.6 Å². The third-order valence-corrected chi connectivity index (χ3v) is 8.52. The Bertz CT molecular complexity index is 1290. The highest BCUT2D eigenvalue weighted by Gasteiger charge is 2.40. The molecule has 8 heteroatoms. The van der Waals surface area contributed by atoms with Gasteiger partial charge in [0.25, 0.3) is 20.2 Å². The molecule has 0 bridgehead atoms. The molecule has 0 heterocycles. The Morgan fingerprint density at radius 1 is 0.677 bits per heavy atom.